The zero-order chi connectivity index (χ0) is 9.80. The minimum Gasteiger partial charge on any atom is -0.382 e. The molecule has 0 unspecified atom stereocenters. The number of hydrazine groups is 1. The van der Waals surface area contributed by atoms with E-state index in [1.54, 1.807) is 0 Å². The second-order valence-corrected chi connectivity index (χ2v) is 3.82. The first kappa shape index (κ1) is 9.49. The number of hydrogen-bond acceptors (Lipinski definition) is 3. The predicted octanol–water partition coefficient (Wildman–Crippen LogP) is 1.44. The Morgan fingerprint density at radius 1 is 1.14 bits per heavy atom. The van der Waals surface area contributed by atoms with E-state index in [1.165, 1.54) is 5.69 Å². The van der Waals surface area contributed by atoms with Crippen molar-refractivity contribution in [1.82, 2.24) is 5.01 Å². The highest BCUT2D eigenvalue weighted by atomic mass is 15.4. The van der Waals surface area contributed by atoms with Gasteiger partial charge < -0.3 is 5.32 Å². The smallest absolute Gasteiger partial charge is 0.0342 e. The van der Waals surface area contributed by atoms with Gasteiger partial charge in [-0.3, -0.25) is 5.84 Å². The average Bonchev–Trinajstić information content (AvgIpc) is 2.23. The topological polar surface area (TPSA) is 41.3 Å². The molecule has 0 bridgehead atoms. The van der Waals surface area contributed by atoms with Gasteiger partial charge in [-0.25, -0.2) is 5.01 Å². The summed E-state index contributed by atoms with van der Waals surface area (Å²) in [5.74, 6) is 5.70. The van der Waals surface area contributed by atoms with Crippen molar-refractivity contribution in [3.63, 3.8) is 0 Å². The van der Waals surface area contributed by atoms with E-state index >= 15 is 0 Å². The summed E-state index contributed by atoms with van der Waals surface area (Å²) in [6, 6.07) is 10.9. The van der Waals surface area contributed by atoms with E-state index in [0.29, 0.717) is 6.04 Å². The number of nitrogens with zero attached hydrogens (tertiary/aromatic N) is 1. The molecule has 3 N–H and O–H groups in total. The van der Waals surface area contributed by atoms with E-state index in [4.69, 9.17) is 5.84 Å². The predicted molar refractivity (Wildman–Crippen MR) is 58.8 cm³/mol. The van der Waals surface area contributed by atoms with Crippen molar-refractivity contribution in [3.05, 3.63) is 30.3 Å². The summed E-state index contributed by atoms with van der Waals surface area (Å²) in [5.41, 5.74) is 1.21. The molecule has 0 atom stereocenters. The molecule has 1 saturated heterocycles. The first-order valence-electron chi connectivity index (χ1n) is 5.16. The normalized spacial score (nSPS) is 19.5. The zero-order valence-corrected chi connectivity index (χ0v) is 8.32. The molecule has 1 aliphatic heterocycles. The molecule has 0 radical (unpaired) electrons. The minimum atomic E-state index is 0.581. The highest BCUT2D eigenvalue weighted by Gasteiger charge is 2.16. The van der Waals surface area contributed by atoms with Crippen LogP contribution in [-0.4, -0.2) is 24.1 Å². The molecule has 1 heterocycles. The SMILES string of the molecule is NN1CCC(Nc2ccccc2)CC1. The van der Waals surface area contributed by atoms with Crippen LogP contribution in [0.5, 0.6) is 0 Å². The van der Waals surface area contributed by atoms with Crippen molar-refractivity contribution >= 4 is 5.69 Å². The van der Waals surface area contributed by atoms with Gasteiger partial charge in [0.05, 0.1) is 0 Å². The fraction of sp³-hybridized carbons (Fsp3) is 0.455. The monoisotopic (exact) mass is 191 g/mol. The molecule has 76 valence electrons. The van der Waals surface area contributed by atoms with Crippen LogP contribution in [0.3, 0.4) is 0 Å². The molecule has 0 amide bonds. The molecule has 14 heavy (non-hydrogen) atoms. The Bertz CT molecular complexity index is 265. The number of nitrogens with one attached hydrogen (secondary N) is 1. The van der Waals surface area contributed by atoms with Gasteiger partial charge in [0, 0.05) is 24.8 Å². The number of hydrogen-bond donors (Lipinski definition) is 2. The third kappa shape index (κ3) is 2.47. The third-order valence-corrected chi connectivity index (χ3v) is 2.67. The van der Waals surface area contributed by atoms with Gasteiger partial charge in [0.25, 0.3) is 0 Å². The molecular weight excluding hydrogens is 174 g/mol. The molecule has 3 heteroatoms. The van der Waals surface area contributed by atoms with Crippen LogP contribution >= 0.6 is 0 Å². The molecule has 0 saturated carbocycles. The Kier molecular flexibility index (Phi) is 3.01. The number of rotatable bonds is 2. The van der Waals surface area contributed by atoms with E-state index in [9.17, 15) is 0 Å². The molecule has 3 nitrogen and oxygen atoms in total. The fourth-order valence-electron chi connectivity index (χ4n) is 1.81. The van der Waals surface area contributed by atoms with Gasteiger partial charge in [-0.2, -0.15) is 0 Å². The number of anilines is 1. The first-order chi connectivity index (χ1) is 6.84. The van der Waals surface area contributed by atoms with Crippen molar-refractivity contribution in [2.24, 2.45) is 5.84 Å². The maximum Gasteiger partial charge on any atom is 0.0342 e. The van der Waals surface area contributed by atoms with Crippen LogP contribution in [0.1, 0.15) is 12.8 Å². The van der Waals surface area contributed by atoms with Crippen LogP contribution < -0.4 is 11.2 Å². The summed E-state index contributed by atoms with van der Waals surface area (Å²) in [6.07, 6.45) is 2.26. The van der Waals surface area contributed by atoms with E-state index in [0.717, 1.165) is 25.9 Å². The second kappa shape index (κ2) is 4.44. The molecular formula is C11H17N3. The summed E-state index contributed by atoms with van der Waals surface area (Å²) in [7, 11) is 0. The van der Waals surface area contributed by atoms with Crippen molar-refractivity contribution in [2.75, 3.05) is 18.4 Å². The lowest BCUT2D eigenvalue weighted by Gasteiger charge is -2.29. The van der Waals surface area contributed by atoms with E-state index in [-0.39, 0.29) is 0 Å². The second-order valence-electron chi connectivity index (χ2n) is 3.82. The van der Waals surface area contributed by atoms with Gasteiger partial charge in [-0.1, -0.05) is 18.2 Å². The molecule has 0 aromatic heterocycles. The molecule has 0 spiro atoms. The number of benzene rings is 1. The average molecular weight is 191 g/mol. The fourth-order valence-corrected chi connectivity index (χ4v) is 1.81. The number of nitrogens with two attached hydrogens (primary N) is 1. The Morgan fingerprint density at radius 3 is 2.43 bits per heavy atom. The molecule has 1 fully saturated rings. The van der Waals surface area contributed by atoms with Crippen molar-refractivity contribution < 1.29 is 0 Å². The van der Waals surface area contributed by atoms with Crippen LogP contribution in [0, 0.1) is 0 Å². The third-order valence-electron chi connectivity index (χ3n) is 2.67. The maximum absolute atomic E-state index is 5.70. The Balaban J connectivity index is 1.87. The lowest BCUT2D eigenvalue weighted by Crippen LogP contribution is -2.42. The van der Waals surface area contributed by atoms with Crippen LogP contribution in [0.15, 0.2) is 30.3 Å². The summed E-state index contributed by atoms with van der Waals surface area (Å²) in [4.78, 5) is 0. The van der Waals surface area contributed by atoms with Gasteiger partial charge in [0.1, 0.15) is 0 Å². The van der Waals surface area contributed by atoms with E-state index in [1.807, 2.05) is 11.1 Å². The van der Waals surface area contributed by atoms with Crippen molar-refractivity contribution in [2.45, 2.75) is 18.9 Å². The molecule has 1 aliphatic rings. The number of piperidine rings is 1. The summed E-state index contributed by atoms with van der Waals surface area (Å²) in [6.45, 7) is 1.98. The minimum absolute atomic E-state index is 0.581. The largest absolute Gasteiger partial charge is 0.382 e. The van der Waals surface area contributed by atoms with Gasteiger partial charge in [-0.05, 0) is 25.0 Å². The highest BCUT2D eigenvalue weighted by Crippen LogP contribution is 2.14. The van der Waals surface area contributed by atoms with Gasteiger partial charge in [0.15, 0.2) is 0 Å². The highest BCUT2D eigenvalue weighted by molar-refractivity contribution is 5.43. The number of para-hydroxylation sites is 1. The van der Waals surface area contributed by atoms with E-state index in [2.05, 4.69) is 29.6 Å². The standard InChI is InChI=1S/C11H17N3/c12-14-8-6-11(7-9-14)13-10-4-2-1-3-5-10/h1-5,11,13H,6-9,12H2. The Labute approximate surface area is 84.9 Å². The van der Waals surface area contributed by atoms with Gasteiger partial charge in [0.2, 0.25) is 0 Å². The van der Waals surface area contributed by atoms with Crippen molar-refractivity contribution in [1.29, 1.82) is 0 Å². The zero-order valence-electron chi connectivity index (χ0n) is 8.32. The van der Waals surface area contributed by atoms with Crippen LogP contribution in [-0.2, 0) is 0 Å². The summed E-state index contributed by atoms with van der Waals surface area (Å²) in [5, 5.41) is 5.41. The van der Waals surface area contributed by atoms with E-state index < -0.39 is 0 Å². The van der Waals surface area contributed by atoms with Crippen molar-refractivity contribution in [3.8, 4) is 0 Å². The lowest BCUT2D eigenvalue weighted by atomic mass is 10.1. The molecule has 1 aromatic rings. The maximum atomic E-state index is 5.70. The molecule has 2 rings (SSSR count). The summed E-state index contributed by atoms with van der Waals surface area (Å²) < 4.78 is 0. The summed E-state index contributed by atoms with van der Waals surface area (Å²) >= 11 is 0. The van der Waals surface area contributed by atoms with Crippen LogP contribution in [0.25, 0.3) is 0 Å². The first-order valence-corrected chi connectivity index (χ1v) is 5.16. The molecule has 1 aromatic carbocycles. The van der Waals surface area contributed by atoms with Gasteiger partial charge >= 0.3 is 0 Å². The molecule has 0 aliphatic carbocycles. The lowest BCUT2D eigenvalue weighted by molar-refractivity contribution is 0.224. The van der Waals surface area contributed by atoms with Gasteiger partial charge in [-0.15, -0.1) is 0 Å². The Morgan fingerprint density at radius 2 is 1.79 bits per heavy atom. The Hall–Kier alpha value is -1.06. The van der Waals surface area contributed by atoms with Crippen LogP contribution in [0.2, 0.25) is 0 Å². The van der Waals surface area contributed by atoms with Crippen LogP contribution in [0.4, 0.5) is 5.69 Å². The quantitative estimate of drug-likeness (QED) is 0.695.